The van der Waals surface area contributed by atoms with E-state index in [4.69, 9.17) is 4.74 Å². The zero-order valence-electron chi connectivity index (χ0n) is 11.9. The highest BCUT2D eigenvalue weighted by atomic mass is 32.2. The SMILES string of the molecule is CCOC(=O)CN1CCCN(C(=O)CCSC)CC1. The predicted octanol–water partition coefficient (Wildman–Crippen LogP) is 0.837. The molecule has 0 saturated carbocycles. The van der Waals surface area contributed by atoms with Gasteiger partial charge in [-0.3, -0.25) is 14.5 Å². The fourth-order valence-electron chi connectivity index (χ4n) is 2.12. The highest BCUT2D eigenvalue weighted by Gasteiger charge is 2.20. The van der Waals surface area contributed by atoms with Crippen molar-refractivity contribution in [2.75, 3.05) is 51.3 Å². The van der Waals surface area contributed by atoms with Crippen LogP contribution in [-0.2, 0) is 14.3 Å². The van der Waals surface area contributed by atoms with Gasteiger partial charge >= 0.3 is 5.97 Å². The van der Waals surface area contributed by atoms with Crippen LogP contribution in [0.2, 0.25) is 0 Å². The highest BCUT2D eigenvalue weighted by molar-refractivity contribution is 7.98. The smallest absolute Gasteiger partial charge is 0.320 e. The van der Waals surface area contributed by atoms with Gasteiger partial charge in [0.1, 0.15) is 0 Å². The third-order valence-electron chi connectivity index (χ3n) is 3.12. The second-order valence-corrected chi connectivity index (χ2v) is 5.54. The average molecular weight is 288 g/mol. The molecule has 1 fully saturated rings. The van der Waals surface area contributed by atoms with Gasteiger partial charge in [0.05, 0.1) is 13.2 Å². The maximum atomic E-state index is 11.9. The Morgan fingerprint density at radius 2 is 2.00 bits per heavy atom. The molecule has 19 heavy (non-hydrogen) atoms. The average Bonchev–Trinajstić information content (AvgIpc) is 2.62. The van der Waals surface area contributed by atoms with Crippen molar-refractivity contribution < 1.29 is 14.3 Å². The van der Waals surface area contributed by atoms with E-state index in [1.165, 1.54) is 0 Å². The van der Waals surface area contributed by atoms with E-state index in [9.17, 15) is 9.59 Å². The minimum Gasteiger partial charge on any atom is -0.465 e. The van der Waals surface area contributed by atoms with Gasteiger partial charge < -0.3 is 9.64 Å². The number of ether oxygens (including phenoxy) is 1. The number of esters is 1. The summed E-state index contributed by atoms with van der Waals surface area (Å²) < 4.78 is 4.95. The number of hydrogen-bond acceptors (Lipinski definition) is 5. The van der Waals surface area contributed by atoms with Crippen LogP contribution < -0.4 is 0 Å². The Bertz CT molecular complexity index is 300. The van der Waals surface area contributed by atoms with Gasteiger partial charge in [0.2, 0.25) is 5.91 Å². The molecule has 0 atom stereocenters. The van der Waals surface area contributed by atoms with Crippen molar-refractivity contribution in [2.24, 2.45) is 0 Å². The number of amides is 1. The summed E-state index contributed by atoms with van der Waals surface area (Å²) in [6, 6.07) is 0. The third-order valence-corrected chi connectivity index (χ3v) is 3.73. The van der Waals surface area contributed by atoms with Gasteiger partial charge in [-0.15, -0.1) is 0 Å². The summed E-state index contributed by atoms with van der Waals surface area (Å²) in [7, 11) is 0. The van der Waals surface area contributed by atoms with Gasteiger partial charge in [0.15, 0.2) is 0 Å². The molecule has 0 aromatic heterocycles. The Balaban J connectivity index is 2.34. The fraction of sp³-hybridized carbons (Fsp3) is 0.846. The molecule has 0 aromatic rings. The summed E-state index contributed by atoms with van der Waals surface area (Å²) in [5, 5.41) is 0. The van der Waals surface area contributed by atoms with E-state index >= 15 is 0 Å². The Kier molecular flexibility index (Phi) is 7.90. The molecular formula is C13H24N2O3S. The molecule has 1 amide bonds. The van der Waals surface area contributed by atoms with Crippen LogP contribution in [0.4, 0.5) is 0 Å². The van der Waals surface area contributed by atoms with Gasteiger partial charge in [0.25, 0.3) is 0 Å². The zero-order chi connectivity index (χ0) is 14.1. The first kappa shape index (κ1) is 16.3. The van der Waals surface area contributed by atoms with Crippen molar-refractivity contribution in [3.05, 3.63) is 0 Å². The summed E-state index contributed by atoms with van der Waals surface area (Å²) in [5.41, 5.74) is 0. The first-order valence-electron chi connectivity index (χ1n) is 6.82. The number of nitrogens with zero attached hydrogens (tertiary/aromatic N) is 2. The number of carbonyl (C=O) groups excluding carboxylic acids is 2. The monoisotopic (exact) mass is 288 g/mol. The van der Waals surface area contributed by atoms with Crippen LogP contribution in [0.3, 0.4) is 0 Å². The maximum Gasteiger partial charge on any atom is 0.320 e. The fourth-order valence-corrected chi connectivity index (χ4v) is 2.49. The number of thioether (sulfide) groups is 1. The van der Waals surface area contributed by atoms with Crippen LogP contribution in [-0.4, -0.2) is 73.0 Å². The number of rotatable bonds is 6. The summed E-state index contributed by atoms with van der Waals surface area (Å²) in [6.07, 6.45) is 3.54. The zero-order valence-corrected chi connectivity index (χ0v) is 12.7. The number of hydrogen-bond donors (Lipinski definition) is 0. The van der Waals surface area contributed by atoms with Crippen LogP contribution in [0.25, 0.3) is 0 Å². The Labute approximate surface area is 119 Å². The van der Waals surface area contributed by atoms with Gasteiger partial charge in [-0.1, -0.05) is 0 Å². The Morgan fingerprint density at radius 1 is 1.21 bits per heavy atom. The molecule has 110 valence electrons. The standard InChI is InChI=1S/C13H24N2O3S/c1-3-18-13(17)11-14-6-4-7-15(9-8-14)12(16)5-10-19-2/h3-11H2,1-2H3. The van der Waals surface area contributed by atoms with Crippen LogP contribution in [0.5, 0.6) is 0 Å². The van der Waals surface area contributed by atoms with Crippen LogP contribution in [0.1, 0.15) is 19.8 Å². The van der Waals surface area contributed by atoms with E-state index in [-0.39, 0.29) is 11.9 Å². The van der Waals surface area contributed by atoms with E-state index in [1.807, 2.05) is 18.1 Å². The van der Waals surface area contributed by atoms with E-state index in [0.29, 0.717) is 26.1 Å². The molecule has 0 radical (unpaired) electrons. The molecule has 1 saturated heterocycles. The lowest BCUT2D eigenvalue weighted by Crippen LogP contribution is -2.37. The molecule has 1 aliphatic rings. The molecule has 0 unspecified atom stereocenters. The van der Waals surface area contributed by atoms with Crippen LogP contribution >= 0.6 is 11.8 Å². The van der Waals surface area contributed by atoms with Gasteiger partial charge in [-0.2, -0.15) is 11.8 Å². The van der Waals surface area contributed by atoms with Crippen molar-refractivity contribution in [1.29, 1.82) is 0 Å². The number of carbonyl (C=O) groups is 2. The molecule has 1 rings (SSSR count). The lowest BCUT2D eigenvalue weighted by atomic mass is 10.3. The van der Waals surface area contributed by atoms with Crippen molar-refractivity contribution >= 4 is 23.6 Å². The molecule has 0 N–H and O–H groups in total. The van der Waals surface area contributed by atoms with Crippen LogP contribution in [0, 0.1) is 0 Å². The largest absolute Gasteiger partial charge is 0.465 e. The summed E-state index contributed by atoms with van der Waals surface area (Å²) in [6.45, 7) is 5.69. The first-order chi connectivity index (χ1) is 9.17. The molecule has 0 aliphatic carbocycles. The van der Waals surface area contributed by atoms with Gasteiger partial charge in [0, 0.05) is 38.4 Å². The van der Waals surface area contributed by atoms with Gasteiger partial charge in [-0.25, -0.2) is 0 Å². The van der Waals surface area contributed by atoms with Gasteiger partial charge in [-0.05, 0) is 19.6 Å². The van der Waals surface area contributed by atoms with Crippen molar-refractivity contribution in [3.8, 4) is 0 Å². The van der Waals surface area contributed by atoms with Crippen molar-refractivity contribution in [2.45, 2.75) is 19.8 Å². The second kappa shape index (κ2) is 9.20. The van der Waals surface area contributed by atoms with Crippen molar-refractivity contribution in [1.82, 2.24) is 9.80 Å². The lowest BCUT2D eigenvalue weighted by molar-refractivity contribution is -0.144. The normalized spacial score (nSPS) is 17.1. The molecule has 1 aliphatic heterocycles. The Hall–Kier alpha value is -0.750. The summed E-state index contributed by atoms with van der Waals surface area (Å²) >= 11 is 1.69. The Morgan fingerprint density at radius 3 is 2.68 bits per heavy atom. The molecule has 6 heteroatoms. The minimum absolute atomic E-state index is 0.176. The van der Waals surface area contributed by atoms with E-state index in [0.717, 1.165) is 31.8 Å². The summed E-state index contributed by atoms with van der Waals surface area (Å²) in [4.78, 5) is 27.4. The molecular weight excluding hydrogens is 264 g/mol. The highest BCUT2D eigenvalue weighted by Crippen LogP contribution is 2.07. The second-order valence-electron chi connectivity index (χ2n) is 4.56. The van der Waals surface area contributed by atoms with Crippen molar-refractivity contribution in [3.63, 3.8) is 0 Å². The predicted molar refractivity (Wildman–Crippen MR) is 77.3 cm³/mol. The maximum absolute atomic E-state index is 11.9. The quantitative estimate of drug-likeness (QED) is 0.678. The minimum atomic E-state index is -0.176. The molecule has 0 spiro atoms. The molecule has 5 nitrogen and oxygen atoms in total. The van der Waals surface area contributed by atoms with E-state index < -0.39 is 0 Å². The molecule has 0 bridgehead atoms. The molecule has 0 aromatic carbocycles. The van der Waals surface area contributed by atoms with E-state index in [1.54, 1.807) is 11.8 Å². The van der Waals surface area contributed by atoms with E-state index in [2.05, 4.69) is 4.90 Å². The lowest BCUT2D eigenvalue weighted by Gasteiger charge is -2.21. The summed E-state index contributed by atoms with van der Waals surface area (Å²) in [5.74, 6) is 0.930. The first-order valence-corrected chi connectivity index (χ1v) is 8.21. The topological polar surface area (TPSA) is 49.9 Å². The molecule has 1 heterocycles. The van der Waals surface area contributed by atoms with Crippen LogP contribution in [0.15, 0.2) is 0 Å². The third kappa shape index (κ3) is 6.29.